The Bertz CT molecular complexity index is 865. The Morgan fingerprint density at radius 1 is 1.07 bits per heavy atom. The molecule has 148 valence electrons. The van der Waals surface area contributed by atoms with E-state index in [-0.39, 0.29) is 6.03 Å². The smallest absolute Gasteiger partial charge is 0.319 e. The van der Waals surface area contributed by atoms with E-state index >= 15 is 0 Å². The van der Waals surface area contributed by atoms with Crippen LogP contribution in [0.3, 0.4) is 0 Å². The van der Waals surface area contributed by atoms with E-state index in [0.717, 1.165) is 46.7 Å². The quantitative estimate of drug-likeness (QED) is 0.801. The molecule has 2 aliphatic rings. The molecular weight excluding hydrogens is 360 g/mol. The molecule has 4 rings (SSSR count). The number of carbonyl (C=O) groups excluding carboxylic acids is 1. The average molecular weight is 384 g/mol. The van der Waals surface area contributed by atoms with Gasteiger partial charge in [-0.15, -0.1) is 0 Å². The first-order valence-corrected chi connectivity index (χ1v) is 9.39. The van der Waals surface area contributed by atoms with Gasteiger partial charge in [-0.25, -0.2) is 4.79 Å². The fourth-order valence-corrected chi connectivity index (χ4v) is 3.63. The summed E-state index contributed by atoms with van der Waals surface area (Å²) < 4.78 is 22.0. The minimum absolute atomic E-state index is 0.251. The second-order valence-corrected chi connectivity index (χ2v) is 6.73. The van der Waals surface area contributed by atoms with E-state index in [1.807, 2.05) is 24.3 Å². The van der Waals surface area contributed by atoms with Crippen LogP contribution in [-0.2, 0) is 19.3 Å². The van der Waals surface area contributed by atoms with Gasteiger partial charge in [0.1, 0.15) is 11.5 Å². The van der Waals surface area contributed by atoms with Crippen molar-refractivity contribution < 1.29 is 23.7 Å². The summed E-state index contributed by atoms with van der Waals surface area (Å²) in [5, 5.41) is 5.88. The molecular formula is C21H24N2O5. The number of ether oxygens (including phenoxy) is 4. The summed E-state index contributed by atoms with van der Waals surface area (Å²) >= 11 is 0. The van der Waals surface area contributed by atoms with E-state index in [2.05, 4.69) is 10.6 Å². The maximum Gasteiger partial charge on any atom is 0.319 e. The molecule has 0 saturated carbocycles. The number of urea groups is 1. The van der Waals surface area contributed by atoms with E-state index in [1.54, 1.807) is 14.2 Å². The largest absolute Gasteiger partial charge is 0.493 e. The second-order valence-electron chi connectivity index (χ2n) is 6.73. The van der Waals surface area contributed by atoms with Gasteiger partial charge in [0.05, 0.1) is 33.1 Å². The van der Waals surface area contributed by atoms with E-state index in [9.17, 15) is 4.79 Å². The van der Waals surface area contributed by atoms with Crippen LogP contribution in [0.2, 0.25) is 0 Å². The van der Waals surface area contributed by atoms with Gasteiger partial charge in [0.15, 0.2) is 11.5 Å². The van der Waals surface area contributed by atoms with Gasteiger partial charge < -0.3 is 29.6 Å². The van der Waals surface area contributed by atoms with Crippen LogP contribution in [0.25, 0.3) is 0 Å². The normalized spacial score (nSPS) is 13.8. The Hall–Kier alpha value is -3.09. The lowest BCUT2D eigenvalue weighted by Crippen LogP contribution is -2.31. The van der Waals surface area contributed by atoms with Crippen LogP contribution >= 0.6 is 0 Å². The summed E-state index contributed by atoms with van der Waals surface area (Å²) in [5.74, 6) is 2.99. The third-order valence-corrected chi connectivity index (χ3v) is 5.04. The van der Waals surface area contributed by atoms with E-state index in [1.165, 1.54) is 0 Å². The highest BCUT2D eigenvalue weighted by Crippen LogP contribution is 2.44. The highest BCUT2D eigenvalue weighted by molar-refractivity contribution is 5.93. The number of rotatable bonds is 6. The van der Waals surface area contributed by atoms with Crippen LogP contribution in [-0.4, -0.2) is 40.0 Å². The number of carbonyl (C=O) groups is 1. The summed E-state index contributed by atoms with van der Waals surface area (Å²) in [4.78, 5) is 12.5. The van der Waals surface area contributed by atoms with Gasteiger partial charge in [0.2, 0.25) is 0 Å². The maximum atomic E-state index is 12.5. The van der Waals surface area contributed by atoms with Crippen molar-refractivity contribution in [2.24, 2.45) is 0 Å². The Labute approximate surface area is 163 Å². The fraction of sp³-hybridized carbons (Fsp3) is 0.381. The number of hydrogen-bond acceptors (Lipinski definition) is 5. The highest BCUT2D eigenvalue weighted by atomic mass is 16.5. The molecule has 2 heterocycles. The molecule has 0 aliphatic carbocycles. The van der Waals surface area contributed by atoms with Gasteiger partial charge in [-0.05, 0) is 30.2 Å². The topological polar surface area (TPSA) is 78.1 Å². The lowest BCUT2D eigenvalue weighted by atomic mass is 10.0. The summed E-state index contributed by atoms with van der Waals surface area (Å²) in [6, 6.07) is 7.52. The van der Waals surface area contributed by atoms with E-state index in [0.29, 0.717) is 37.7 Å². The first-order valence-electron chi connectivity index (χ1n) is 9.39. The summed E-state index contributed by atoms with van der Waals surface area (Å²) in [7, 11) is 3.21. The number of hydrogen-bond donors (Lipinski definition) is 2. The Morgan fingerprint density at radius 3 is 2.71 bits per heavy atom. The molecule has 0 bridgehead atoms. The number of nitrogens with one attached hydrogen (secondary N) is 2. The predicted molar refractivity (Wildman–Crippen MR) is 105 cm³/mol. The van der Waals surface area contributed by atoms with Gasteiger partial charge in [-0.1, -0.05) is 6.07 Å². The van der Waals surface area contributed by atoms with Crippen molar-refractivity contribution in [3.63, 3.8) is 0 Å². The molecule has 28 heavy (non-hydrogen) atoms. The van der Waals surface area contributed by atoms with Crippen molar-refractivity contribution in [1.29, 1.82) is 0 Å². The molecule has 2 aromatic rings. The molecule has 2 N–H and O–H groups in total. The van der Waals surface area contributed by atoms with Crippen LogP contribution in [0.15, 0.2) is 24.3 Å². The second kappa shape index (κ2) is 7.88. The molecule has 7 heteroatoms. The molecule has 0 spiro atoms. The SMILES string of the molecule is COc1ccc(CCNC(=O)Nc2c3c(cc4c2OCC4)OCC3)cc1OC. The molecule has 0 atom stereocenters. The molecule has 0 radical (unpaired) electrons. The molecule has 0 unspecified atom stereocenters. The fourth-order valence-electron chi connectivity index (χ4n) is 3.63. The maximum absolute atomic E-state index is 12.5. The molecule has 2 aromatic carbocycles. The monoisotopic (exact) mass is 384 g/mol. The van der Waals surface area contributed by atoms with Gasteiger partial charge in [0, 0.05) is 30.5 Å². The zero-order valence-electron chi connectivity index (χ0n) is 16.1. The number of anilines is 1. The third kappa shape index (κ3) is 3.52. The first-order chi connectivity index (χ1) is 13.7. The zero-order chi connectivity index (χ0) is 19.5. The van der Waals surface area contributed by atoms with E-state index < -0.39 is 0 Å². The van der Waals surface area contributed by atoms with Crippen LogP contribution in [0, 0.1) is 0 Å². The summed E-state index contributed by atoms with van der Waals surface area (Å²) in [5.41, 5.74) is 3.89. The van der Waals surface area contributed by atoms with Gasteiger partial charge in [-0.2, -0.15) is 0 Å². The number of methoxy groups -OCH3 is 2. The minimum atomic E-state index is -0.251. The number of benzene rings is 2. The van der Waals surface area contributed by atoms with Crippen LogP contribution in [0.1, 0.15) is 16.7 Å². The van der Waals surface area contributed by atoms with Crippen LogP contribution in [0.5, 0.6) is 23.0 Å². The summed E-state index contributed by atoms with van der Waals surface area (Å²) in [6.45, 7) is 1.76. The van der Waals surface area contributed by atoms with Crippen molar-refractivity contribution in [1.82, 2.24) is 5.32 Å². The Kier molecular flexibility index (Phi) is 5.14. The highest BCUT2D eigenvalue weighted by Gasteiger charge is 2.27. The van der Waals surface area contributed by atoms with Crippen molar-refractivity contribution >= 4 is 11.7 Å². The standard InChI is InChI=1S/C21H24N2O5/c1-25-16-4-3-13(11-18(16)26-2)5-8-22-21(24)23-19-15-7-10-27-17(15)12-14-6-9-28-20(14)19/h3-4,11-12H,5-10H2,1-2H3,(H2,22,23,24). The van der Waals surface area contributed by atoms with Crippen molar-refractivity contribution in [2.45, 2.75) is 19.3 Å². The Balaban J connectivity index is 1.39. The van der Waals surface area contributed by atoms with Crippen LogP contribution < -0.4 is 29.6 Å². The minimum Gasteiger partial charge on any atom is -0.493 e. The molecule has 7 nitrogen and oxygen atoms in total. The average Bonchev–Trinajstić information content (AvgIpc) is 3.36. The Morgan fingerprint density at radius 2 is 1.89 bits per heavy atom. The number of fused-ring (bicyclic) bond motifs is 2. The summed E-state index contributed by atoms with van der Waals surface area (Å²) in [6.07, 6.45) is 2.28. The number of amides is 2. The predicted octanol–water partition coefficient (Wildman–Crippen LogP) is 2.94. The van der Waals surface area contributed by atoms with Gasteiger partial charge in [-0.3, -0.25) is 0 Å². The van der Waals surface area contributed by atoms with Crippen LogP contribution in [0.4, 0.5) is 10.5 Å². The van der Waals surface area contributed by atoms with Gasteiger partial charge >= 0.3 is 6.03 Å². The molecule has 0 saturated heterocycles. The lowest BCUT2D eigenvalue weighted by molar-refractivity contribution is 0.252. The lowest BCUT2D eigenvalue weighted by Gasteiger charge is -2.15. The first kappa shape index (κ1) is 18.3. The zero-order valence-corrected chi connectivity index (χ0v) is 16.1. The van der Waals surface area contributed by atoms with Crippen molar-refractivity contribution in [3.05, 3.63) is 41.0 Å². The van der Waals surface area contributed by atoms with E-state index in [4.69, 9.17) is 18.9 Å². The third-order valence-electron chi connectivity index (χ3n) is 5.04. The van der Waals surface area contributed by atoms with Crippen molar-refractivity contribution in [3.8, 4) is 23.0 Å². The molecule has 2 amide bonds. The molecule has 0 aromatic heterocycles. The molecule has 0 fully saturated rings. The van der Waals surface area contributed by atoms with Crippen molar-refractivity contribution in [2.75, 3.05) is 39.3 Å². The molecule has 2 aliphatic heterocycles. The van der Waals surface area contributed by atoms with Gasteiger partial charge in [0.25, 0.3) is 0 Å².